The molecule has 9 rings (SSSR count). The first-order valence-corrected chi connectivity index (χ1v) is 17.4. The van der Waals surface area contributed by atoms with E-state index in [0.717, 1.165) is 17.1 Å². The molecule has 1 aliphatic carbocycles. The molecule has 238 valence electrons. The predicted octanol–water partition coefficient (Wildman–Crippen LogP) is 13.6. The number of anilines is 3. The molecule has 0 saturated carbocycles. The molecule has 8 aromatic rings. The molecule has 0 heterocycles. The van der Waals surface area contributed by atoms with Gasteiger partial charge in [0.05, 0.1) is 0 Å². The van der Waals surface area contributed by atoms with Crippen LogP contribution in [0.1, 0.15) is 25.0 Å². The van der Waals surface area contributed by atoms with E-state index < -0.39 is 0 Å². The van der Waals surface area contributed by atoms with Crippen LogP contribution >= 0.6 is 0 Å². The van der Waals surface area contributed by atoms with E-state index in [4.69, 9.17) is 0 Å². The summed E-state index contributed by atoms with van der Waals surface area (Å²) in [6.07, 6.45) is 0. The Hall–Kier alpha value is -6.18. The minimum absolute atomic E-state index is 0.144. The average Bonchev–Trinajstić information content (AvgIpc) is 3.41. The number of para-hydroxylation sites is 1. The van der Waals surface area contributed by atoms with Crippen molar-refractivity contribution in [3.63, 3.8) is 0 Å². The standard InChI is InChI=1S/C49H37N/c1-49(2)46-27-15-26-43(34-16-6-3-7-17-34)48(46)44-29-28-41(33-47(44)49)50(39-22-10-5-11-23-39)40-24-14-21-36(31-40)38-30-37-20-12-13-25-42(37)45(32-38)35-18-8-4-9-19-35/h3-33H,1-2H3. The third-order valence-corrected chi connectivity index (χ3v) is 10.4. The minimum atomic E-state index is -0.144. The Kier molecular flexibility index (Phi) is 7.21. The molecule has 0 aromatic heterocycles. The Labute approximate surface area is 294 Å². The highest BCUT2D eigenvalue weighted by atomic mass is 15.1. The first-order chi connectivity index (χ1) is 24.6. The second-order valence-corrected chi connectivity index (χ2v) is 13.8. The van der Waals surface area contributed by atoms with Crippen LogP contribution in [-0.2, 0) is 5.41 Å². The SMILES string of the molecule is CC1(C)c2cc(N(c3ccccc3)c3cccc(-c4cc(-c5ccccc5)c5ccccc5c4)c3)ccc2-c2c(-c3ccccc3)cccc21. The van der Waals surface area contributed by atoms with Gasteiger partial charge in [-0.25, -0.2) is 0 Å². The molecular formula is C49H37N. The van der Waals surface area contributed by atoms with Gasteiger partial charge in [0, 0.05) is 22.5 Å². The Morgan fingerprint density at radius 3 is 1.72 bits per heavy atom. The number of nitrogens with zero attached hydrogens (tertiary/aromatic N) is 1. The van der Waals surface area contributed by atoms with Crippen molar-refractivity contribution in [2.75, 3.05) is 4.90 Å². The van der Waals surface area contributed by atoms with Gasteiger partial charge >= 0.3 is 0 Å². The van der Waals surface area contributed by atoms with Crippen LogP contribution in [0.25, 0.3) is 55.3 Å². The van der Waals surface area contributed by atoms with Crippen LogP contribution in [0.5, 0.6) is 0 Å². The molecule has 0 bridgehead atoms. The summed E-state index contributed by atoms with van der Waals surface area (Å²) in [6.45, 7) is 4.74. The van der Waals surface area contributed by atoms with Crippen molar-refractivity contribution in [1.29, 1.82) is 0 Å². The fraction of sp³-hybridized carbons (Fsp3) is 0.0612. The normalized spacial score (nSPS) is 12.8. The smallest absolute Gasteiger partial charge is 0.0467 e. The van der Waals surface area contributed by atoms with Crippen LogP contribution in [0, 0.1) is 0 Å². The zero-order chi connectivity index (χ0) is 33.7. The zero-order valence-corrected chi connectivity index (χ0v) is 28.3. The van der Waals surface area contributed by atoms with Gasteiger partial charge in [-0.05, 0) is 115 Å². The maximum absolute atomic E-state index is 2.42. The second kappa shape index (κ2) is 12.1. The van der Waals surface area contributed by atoms with Crippen LogP contribution in [0.4, 0.5) is 17.1 Å². The quantitative estimate of drug-likeness (QED) is 0.175. The van der Waals surface area contributed by atoms with Crippen molar-refractivity contribution in [2.24, 2.45) is 0 Å². The van der Waals surface area contributed by atoms with E-state index in [2.05, 4.69) is 207 Å². The van der Waals surface area contributed by atoms with Crippen LogP contribution in [0.2, 0.25) is 0 Å². The lowest BCUT2D eigenvalue weighted by Gasteiger charge is -2.28. The fourth-order valence-corrected chi connectivity index (χ4v) is 7.96. The summed E-state index contributed by atoms with van der Waals surface area (Å²) < 4.78 is 0. The van der Waals surface area contributed by atoms with Gasteiger partial charge in [-0.2, -0.15) is 0 Å². The van der Waals surface area contributed by atoms with Crippen LogP contribution in [0.15, 0.2) is 188 Å². The summed E-state index contributed by atoms with van der Waals surface area (Å²) in [5.74, 6) is 0. The number of rotatable bonds is 6. The van der Waals surface area contributed by atoms with Gasteiger partial charge in [0.15, 0.2) is 0 Å². The predicted molar refractivity (Wildman–Crippen MR) is 213 cm³/mol. The summed E-state index contributed by atoms with van der Waals surface area (Å²) in [5.41, 5.74) is 16.1. The first-order valence-electron chi connectivity index (χ1n) is 17.4. The monoisotopic (exact) mass is 639 g/mol. The molecule has 1 nitrogen and oxygen atoms in total. The molecule has 1 aliphatic rings. The van der Waals surface area contributed by atoms with E-state index in [1.54, 1.807) is 0 Å². The number of benzene rings is 8. The molecule has 0 spiro atoms. The van der Waals surface area contributed by atoms with E-state index in [0.29, 0.717) is 0 Å². The molecule has 0 atom stereocenters. The highest BCUT2D eigenvalue weighted by molar-refractivity contribution is 6.00. The zero-order valence-electron chi connectivity index (χ0n) is 28.3. The molecule has 8 aromatic carbocycles. The van der Waals surface area contributed by atoms with E-state index >= 15 is 0 Å². The number of fused-ring (bicyclic) bond motifs is 4. The molecule has 0 radical (unpaired) electrons. The van der Waals surface area contributed by atoms with Crippen molar-refractivity contribution >= 4 is 27.8 Å². The third kappa shape index (κ3) is 5.02. The van der Waals surface area contributed by atoms with E-state index in [9.17, 15) is 0 Å². The van der Waals surface area contributed by atoms with Gasteiger partial charge in [-0.15, -0.1) is 0 Å². The van der Waals surface area contributed by atoms with Gasteiger partial charge in [0.25, 0.3) is 0 Å². The maximum Gasteiger partial charge on any atom is 0.0467 e. The van der Waals surface area contributed by atoms with Crippen molar-refractivity contribution in [2.45, 2.75) is 19.3 Å². The topological polar surface area (TPSA) is 3.24 Å². The third-order valence-electron chi connectivity index (χ3n) is 10.4. The lowest BCUT2D eigenvalue weighted by atomic mass is 9.81. The van der Waals surface area contributed by atoms with Gasteiger partial charge in [-0.1, -0.05) is 153 Å². The van der Waals surface area contributed by atoms with E-state index in [-0.39, 0.29) is 5.41 Å². The summed E-state index contributed by atoms with van der Waals surface area (Å²) in [6, 6.07) is 68.5. The maximum atomic E-state index is 2.42. The molecule has 0 aliphatic heterocycles. The van der Waals surface area contributed by atoms with Crippen molar-refractivity contribution in [1.82, 2.24) is 0 Å². The van der Waals surface area contributed by atoms with Gasteiger partial charge < -0.3 is 4.90 Å². The average molecular weight is 640 g/mol. The molecule has 0 amide bonds. The lowest BCUT2D eigenvalue weighted by molar-refractivity contribution is 0.660. The Morgan fingerprint density at radius 2 is 0.960 bits per heavy atom. The van der Waals surface area contributed by atoms with Crippen LogP contribution in [0.3, 0.4) is 0 Å². The van der Waals surface area contributed by atoms with Crippen molar-refractivity contribution < 1.29 is 0 Å². The van der Waals surface area contributed by atoms with E-state index in [1.165, 1.54) is 66.4 Å². The lowest BCUT2D eigenvalue weighted by Crippen LogP contribution is -2.16. The van der Waals surface area contributed by atoms with Crippen LogP contribution < -0.4 is 4.90 Å². The number of hydrogen-bond acceptors (Lipinski definition) is 1. The minimum Gasteiger partial charge on any atom is -0.310 e. The van der Waals surface area contributed by atoms with E-state index in [1.807, 2.05) is 0 Å². The van der Waals surface area contributed by atoms with Gasteiger partial charge in [0.2, 0.25) is 0 Å². The highest BCUT2D eigenvalue weighted by Crippen LogP contribution is 2.53. The Balaban J connectivity index is 1.19. The summed E-state index contributed by atoms with van der Waals surface area (Å²) >= 11 is 0. The first kappa shape index (κ1) is 29.9. The molecule has 0 unspecified atom stereocenters. The summed E-state index contributed by atoms with van der Waals surface area (Å²) in [7, 11) is 0. The summed E-state index contributed by atoms with van der Waals surface area (Å²) in [5, 5.41) is 2.51. The summed E-state index contributed by atoms with van der Waals surface area (Å²) in [4.78, 5) is 2.40. The highest BCUT2D eigenvalue weighted by Gasteiger charge is 2.37. The van der Waals surface area contributed by atoms with Crippen molar-refractivity contribution in [3.8, 4) is 44.5 Å². The fourth-order valence-electron chi connectivity index (χ4n) is 7.96. The van der Waals surface area contributed by atoms with Crippen molar-refractivity contribution in [3.05, 3.63) is 199 Å². The Morgan fingerprint density at radius 1 is 0.360 bits per heavy atom. The van der Waals surface area contributed by atoms with Gasteiger partial charge in [0.1, 0.15) is 0 Å². The molecule has 0 N–H and O–H groups in total. The second-order valence-electron chi connectivity index (χ2n) is 13.8. The number of hydrogen-bond donors (Lipinski definition) is 0. The largest absolute Gasteiger partial charge is 0.310 e. The molecule has 0 saturated heterocycles. The molecule has 50 heavy (non-hydrogen) atoms. The Bertz CT molecular complexity index is 2490. The van der Waals surface area contributed by atoms with Crippen LogP contribution in [-0.4, -0.2) is 0 Å². The molecular weight excluding hydrogens is 603 g/mol. The molecule has 0 fully saturated rings. The molecule has 1 heteroatoms. The van der Waals surface area contributed by atoms with Gasteiger partial charge in [-0.3, -0.25) is 0 Å².